The third-order valence-electron chi connectivity index (χ3n) is 2.79. The number of hydrogen-bond acceptors (Lipinski definition) is 3. The van der Waals surface area contributed by atoms with E-state index in [2.05, 4.69) is 54.5 Å². The van der Waals surface area contributed by atoms with Crippen LogP contribution < -0.4 is 0 Å². The van der Waals surface area contributed by atoms with Crippen molar-refractivity contribution in [1.82, 2.24) is 20.2 Å². The van der Waals surface area contributed by atoms with E-state index in [9.17, 15) is 0 Å². The van der Waals surface area contributed by atoms with Crippen LogP contribution in [0.15, 0.2) is 24.3 Å². The molecule has 0 atom stereocenters. The Morgan fingerprint density at radius 3 is 2.71 bits per heavy atom. The van der Waals surface area contributed by atoms with Gasteiger partial charge in [0.1, 0.15) is 0 Å². The van der Waals surface area contributed by atoms with E-state index < -0.39 is 0 Å². The predicted octanol–water partition coefficient (Wildman–Crippen LogP) is 2.87. The van der Waals surface area contributed by atoms with Crippen LogP contribution in [0.1, 0.15) is 38.7 Å². The lowest BCUT2D eigenvalue weighted by atomic mass is 9.97. The van der Waals surface area contributed by atoms with E-state index in [1.807, 2.05) is 10.7 Å². The Labute approximate surface area is 102 Å². The molecule has 4 nitrogen and oxygen atoms in total. The van der Waals surface area contributed by atoms with Gasteiger partial charge < -0.3 is 0 Å². The highest BCUT2D eigenvalue weighted by Crippen LogP contribution is 2.27. The Hall–Kier alpha value is -1.71. The Kier molecular flexibility index (Phi) is 3.52. The van der Waals surface area contributed by atoms with Gasteiger partial charge in [0.05, 0.1) is 0 Å². The van der Waals surface area contributed by atoms with Gasteiger partial charge in [0.15, 0.2) is 5.82 Å². The zero-order chi connectivity index (χ0) is 12.3. The van der Waals surface area contributed by atoms with E-state index in [1.54, 1.807) is 0 Å². The number of nitrogens with zero attached hydrogens (tertiary/aromatic N) is 4. The fourth-order valence-electron chi connectivity index (χ4n) is 1.96. The summed E-state index contributed by atoms with van der Waals surface area (Å²) in [5.41, 5.74) is 2.43. The zero-order valence-electron chi connectivity index (χ0n) is 10.6. The maximum Gasteiger partial charge on any atom is 0.182 e. The van der Waals surface area contributed by atoms with E-state index in [0.29, 0.717) is 5.92 Å². The van der Waals surface area contributed by atoms with Gasteiger partial charge in [0.2, 0.25) is 0 Å². The van der Waals surface area contributed by atoms with Gasteiger partial charge in [-0.05, 0) is 28.3 Å². The van der Waals surface area contributed by atoms with Crippen LogP contribution in [0.2, 0.25) is 0 Å². The van der Waals surface area contributed by atoms with Crippen LogP contribution >= 0.6 is 0 Å². The van der Waals surface area contributed by atoms with Crippen molar-refractivity contribution in [3.05, 3.63) is 29.8 Å². The van der Waals surface area contributed by atoms with Gasteiger partial charge in [-0.3, -0.25) is 0 Å². The molecule has 0 fully saturated rings. The average molecular weight is 230 g/mol. The molecule has 0 amide bonds. The zero-order valence-corrected chi connectivity index (χ0v) is 10.6. The van der Waals surface area contributed by atoms with Crippen LogP contribution in [0.3, 0.4) is 0 Å². The van der Waals surface area contributed by atoms with Gasteiger partial charge in [-0.1, -0.05) is 45.0 Å². The highest BCUT2D eigenvalue weighted by molar-refractivity contribution is 5.60. The molecule has 0 saturated carbocycles. The fraction of sp³-hybridized carbons (Fsp3) is 0.462. The monoisotopic (exact) mass is 230 g/mol. The molecule has 0 spiro atoms. The van der Waals surface area contributed by atoms with Crippen LogP contribution in [0.25, 0.3) is 11.4 Å². The summed E-state index contributed by atoms with van der Waals surface area (Å²) in [6.07, 6.45) is 1.03. The van der Waals surface area contributed by atoms with Crippen LogP contribution in [-0.2, 0) is 6.54 Å². The minimum absolute atomic E-state index is 0.470. The number of tetrazole rings is 1. The van der Waals surface area contributed by atoms with Crippen molar-refractivity contribution in [2.24, 2.45) is 0 Å². The van der Waals surface area contributed by atoms with Crippen molar-refractivity contribution < 1.29 is 0 Å². The largest absolute Gasteiger partial charge is 0.225 e. The summed E-state index contributed by atoms with van der Waals surface area (Å²) >= 11 is 0. The minimum atomic E-state index is 0.470. The molecule has 90 valence electrons. The maximum absolute atomic E-state index is 4.15. The van der Waals surface area contributed by atoms with Crippen molar-refractivity contribution in [3.63, 3.8) is 0 Å². The van der Waals surface area contributed by atoms with Gasteiger partial charge in [0, 0.05) is 12.1 Å². The molecule has 0 radical (unpaired) electrons. The number of hydrogen-bond donors (Lipinski definition) is 0. The molecule has 0 aliphatic heterocycles. The van der Waals surface area contributed by atoms with Crippen molar-refractivity contribution in [1.29, 1.82) is 0 Å². The quantitative estimate of drug-likeness (QED) is 0.811. The second-order valence-corrected chi connectivity index (χ2v) is 4.47. The summed E-state index contributed by atoms with van der Waals surface area (Å²) in [6.45, 7) is 7.36. The van der Waals surface area contributed by atoms with Crippen LogP contribution in [0.5, 0.6) is 0 Å². The molecule has 4 heteroatoms. The van der Waals surface area contributed by atoms with Gasteiger partial charge >= 0.3 is 0 Å². The molecule has 17 heavy (non-hydrogen) atoms. The lowest BCUT2D eigenvalue weighted by Crippen LogP contribution is -2.04. The van der Waals surface area contributed by atoms with Crippen molar-refractivity contribution >= 4 is 0 Å². The highest BCUT2D eigenvalue weighted by Gasteiger charge is 2.13. The first-order chi connectivity index (χ1) is 8.24. The first-order valence-electron chi connectivity index (χ1n) is 6.09. The lowest BCUT2D eigenvalue weighted by Gasteiger charge is -2.11. The molecule has 0 aliphatic rings. The molecule has 1 heterocycles. The molecule has 0 bridgehead atoms. The fourth-order valence-corrected chi connectivity index (χ4v) is 1.96. The molecule has 0 aliphatic carbocycles. The molecule has 2 rings (SSSR count). The van der Waals surface area contributed by atoms with Gasteiger partial charge in [-0.25, -0.2) is 4.68 Å². The summed E-state index contributed by atoms with van der Waals surface area (Å²) in [6, 6.07) is 8.33. The van der Waals surface area contributed by atoms with E-state index in [-0.39, 0.29) is 0 Å². The summed E-state index contributed by atoms with van der Waals surface area (Å²) in [5.74, 6) is 1.34. The average Bonchev–Trinajstić information content (AvgIpc) is 2.77. The molecule has 0 unspecified atom stereocenters. The van der Waals surface area contributed by atoms with E-state index in [4.69, 9.17) is 0 Å². The second kappa shape index (κ2) is 5.08. The molecule has 1 aromatic heterocycles. The summed E-state index contributed by atoms with van der Waals surface area (Å²) in [7, 11) is 0. The normalized spacial score (nSPS) is 11.1. The second-order valence-electron chi connectivity index (χ2n) is 4.47. The van der Waals surface area contributed by atoms with Gasteiger partial charge in [-0.15, -0.1) is 5.10 Å². The Bertz CT molecular complexity index is 488. The van der Waals surface area contributed by atoms with Crippen LogP contribution in [0, 0.1) is 0 Å². The SMILES string of the molecule is CCCn1nnnc1-c1ccccc1C(C)C. The Balaban J connectivity index is 2.48. The number of benzene rings is 1. The third-order valence-corrected chi connectivity index (χ3v) is 2.79. The maximum atomic E-state index is 4.15. The minimum Gasteiger partial charge on any atom is -0.225 e. The predicted molar refractivity (Wildman–Crippen MR) is 67.6 cm³/mol. The number of aromatic nitrogens is 4. The molecular formula is C13H18N4. The third kappa shape index (κ3) is 2.35. The first kappa shape index (κ1) is 11.8. The van der Waals surface area contributed by atoms with E-state index >= 15 is 0 Å². The van der Waals surface area contributed by atoms with Gasteiger partial charge in [0.25, 0.3) is 0 Å². The Morgan fingerprint density at radius 2 is 2.00 bits per heavy atom. The van der Waals surface area contributed by atoms with Crippen molar-refractivity contribution in [2.45, 2.75) is 39.7 Å². The number of rotatable bonds is 4. The van der Waals surface area contributed by atoms with Gasteiger partial charge in [-0.2, -0.15) is 0 Å². The van der Waals surface area contributed by atoms with Crippen molar-refractivity contribution in [3.8, 4) is 11.4 Å². The first-order valence-corrected chi connectivity index (χ1v) is 6.09. The Morgan fingerprint density at radius 1 is 1.24 bits per heavy atom. The molecule has 2 aromatic rings. The summed E-state index contributed by atoms with van der Waals surface area (Å²) < 4.78 is 1.88. The standard InChI is InChI=1S/C13H18N4/c1-4-9-17-13(14-15-16-17)12-8-6-5-7-11(12)10(2)3/h5-8,10H,4,9H2,1-3H3. The molecule has 0 N–H and O–H groups in total. The van der Waals surface area contributed by atoms with Crippen molar-refractivity contribution in [2.75, 3.05) is 0 Å². The van der Waals surface area contributed by atoms with Crippen LogP contribution in [0.4, 0.5) is 0 Å². The lowest BCUT2D eigenvalue weighted by molar-refractivity contribution is 0.583. The van der Waals surface area contributed by atoms with E-state index in [1.165, 1.54) is 5.56 Å². The highest BCUT2D eigenvalue weighted by atomic mass is 15.5. The van der Waals surface area contributed by atoms with Crippen LogP contribution in [-0.4, -0.2) is 20.2 Å². The molecule has 1 aromatic carbocycles. The summed E-state index contributed by atoms with van der Waals surface area (Å²) in [4.78, 5) is 0. The summed E-state index contributed by atoms with van der Waals surface area (Å²) in [5, 5.41) is 12.0. The molecular weight excluding hydrogens is 212 g/mol. The number of aryl methyl sites for hydroxylation is 1. The molecule has 0 saturated heterocycles. The smallest absolute Gasteiger partial charge is 0.182 e. The topological polar surface area (TPSA) is 43.6 Å². The van der Waals surface area contributed by atoms with E-state index in [0.717, 1.165) is 24.4 Å².